The molecule has 0 saturated heterocycles. The predicted octanol–water partition coefficient (Wildman–Crippen LogP) is 1.88. The lowest BCUT2D eigenvalue weighted by Gasteiger charge is -2.14. The van der Waals surface area contributed by atoms with E-state index in [1.807, 2.05) is 19.1 Å². The largest absolute Gasteiger partial charge is 0.321 e. The van der Waals surface area contributed by atoms with Crippen molar-refractivity contribution in [3.63, 3.8) is 0 Å². The first-order chi connectivity index (χ1) is 10.0. The van der Waals surface area contributed by atoms with Gasteiger partial charge in [0, 0.05) is 30.5 Å². The summed E-state index contributed by atoms with van der Waals surface area (Å²) < 4.78 is 0. The molecule has 0 fully saturated rings. The van der Waals surface area contributed by atoms with E-state index in [2.05, 4.69) is 15.5 Å². The third kappa shape index (κ3) is 2.52. The molecule has 2 heterocycles. The average molecular weight is 284 g/mol. The Hall–Kier alpha value is -2.63. The van der Waals surface area contributed by atoms with E-state index in [-0.39, 0.29) is 11.8 Å². The maximum absolute atomic E-state index is 12.0. The van der Waals surface area contributed by atoms with Gasteiger partial charge in [-0.25, -0.2) is 0 Å². The molecule has 21 heavy (non-hydrogen) atoms. The molecule has 1 aromatic heterocycles. The van der Waals surface area contributed by atoms with Crippen LogP contribution in [0.3, 0.4) is 0 Å². The van der Waals surface area contributed by atoms with Crippen molar-refractivity contribution in [1.29, 1.82) is 0 Å². The first-order valence-corrected chi connectivity index (χ1v) is 6.79. The fraction of sp³-hybridized carbons (Fsp3) is 0.267. The summed E-state index contributed by atoms with van der Waals surface area (Å²) in [6, 6.07) is 7.28. The minimum absolute atomic E-state index is 0.0394. The van der Waals surface area contributed by atoms with E-state index in [0.717, 1.165) is 23.4 Å². The van der Waals surface area contributed by atoms with Gasteiger partial charge in [0.1, 0.15) is 0 Å². The number of benzene rings is 1. The highest BCUT2D eigenvalue weighted by Crippen LogP contribution is 2.30. The molecule has 2 amide bonds. The van der Waals surface area contributed by atoms with Gasteiger partial charge in [0.25, 0.3) is 5.91 Å². The maximum Gasteiger partial charge on any atom is 0.276 e. The Balaban J connectivity index is 1.79. The quantitative estimate of drug-likeness (QED) is 0.883. The normalized spacial score (nSPS) is 13.1. The summed E-state index contributed by atoms with van der Waals surface area (Å²) in [6.07, 6.45) is 0.806. The van der Waals surface area contributed by atoms with Crippen molar-refractivity contribution in [2.24, 2.45) is 0 Å². The van der Waals surface area contributed by atoms with E-state index in [0.29, 0.717) is 17.9 Å². The molecule has 108 valence electrons. The Morgan fingerprint density at radius 1 is 1.33 bits per heavy atom. The zero-order valence-corrected chi connectivity index (χ0v) is 11.9. The molecule has 6 heteroatoms. The van der Waals surface area contributed by atoms with Crippen LogP contribution in [0.4, 0.5) is 11.4 Å². The average Bonchev–Trinajstić information content (AvgIpc) is 3.04. The molecule has 1 aromatic carbocycles. The van der Waals surface area contributed by atoms with Crippen LogP contribution in [0.2, 0.25) is 0 Å². The van der Waals surface area contributed by atoms with Crippen LogP contribution < -0.4 is 10.2 Å². The summed E-state index contributed by atoms with van der Waals surface area (Å²) in [6.45, 7) is 4.10. The molecule has 3 rings (SSSR count). The van der Waals surface area contributed by atoms with Crippen molar-refractivity contribution < 1.29 is 9.59 Å². The molecule has 0 aliphatic carbocycles. The second-order valence-electron chi connectivity index (χ2n) is 5.15. The topological polar surface area (TPSA) is 78.1 Å². The number of nitrogens with one attached hydrogen (secondary N) is 2. The van der Waals surface area contributed by atoms with Gasteiger partial charge in [-0.05, 0) is 43.2 Å². The first-order valence-electron chi connectivity index (χ1n) is 6.79. The highest BCUT2D eigenvalue weighted by molar-refractivity contribution is 6.03. The van der Waals surface area contributed by atoms with Crippen LogP contribution in [-0.4, -0.2) is 28.6 Å². The van der Waals surface area contributed by atoms with Gasteiger partial charge in [-0.15, -0.1) is 0 Å². The number of H-pyrrole nitrogens is 1. The van der Waals surface area contributed by atoms with Crippen LogP contribution >= 0.6 is 0 Å². The van der Waals surface area contributed by atoms with Gasteiger partial charge < -0.3 is 10.2 Å². The number of hydrogen-bond donors (Lipinski definition) is 2. The van der Waals surface area contributed by atoms with Crippen LogP contribution in [0.25, 0.3) is 0 Å². The third-order valence-electron chi connectivity index (χ3n) is 3.55. The van der Waals surface area contributed by atoms with Gasteiger partial charge in [-0.2, -0.15) is 5.10 Å². The molecular weight excluding hydrogens is 268 g/mol. The number of rotatable bonds is 2. The summed E-state index contributed by atoms with van der Waals surface area (Å²) in [5.41, 5.74) is 3.91. The van der Waals surface area contributed by atoms with Crippen LogP contribution in [-0.2, 0) is 11.2 Å². The second-order valence-corrected chi connectivity index (χ2v) is 5.15. The SMILES string of the molecule is CC(=O)N1CCc2cc(NC(=O)c3cc(C)[nH]n3)ccc21. The second kappa shape index (κ2) is 5.05. The van der Waals surface area contributed by atoms with E-state index in [9.17, 15) is 9.59 Å². The predicted molar refractivity (Wildman–Crippen MR) is 79.5 cm³/mol. The molecule has 0 saturated carbocycles. The molecule has 1 aliphatic heterocycles. The van der Waals surface area contributed by atoms with E-state index >= 15 is 0 Å². The van der Waals surface area contributed by atoms with E-state index in [1.165, 1.54) is 0 Å². The standard InChI is InChI=1S/C15H16N4O2/c1-9-7-13(18-17-9)15(21)16-12-3-4-14-11(8-12)5-6-19(14)10(2)20/h3-4,7-8H,5-6H2,1-2H3,(H,16,21)(H,17,18). The summed E-state index contributed by atoms with van der Waals surface area (Å²) in [5.74, 6) is -0.210. The van der Waals surface area contributed by atoms with Gasteiger partial charge in [0.05, 0.1) is 0 Å². The lowest BCUT2D eigenvalue weighted by molar-refractivity contribution is -0.116. The van der Waals surface area contributed by atoms with Crippen molar-refractivity contribution >= 4 is 23.2 Å². The number of aromatic amines is 1. The number of carbonyl (C=O) groups excluding carboxylic acids is 2. The number of aryl methyl sites for hydroxylation is 1. The number of hydrogen-bond acceptors (Lipinski definition) is 3. The highest BCUT2D eigenvalue weighted by Gasteiger charge is 2.22. The molecule has 0 unspecified atom stereocenters. The van der Waals surface area contributed by atoms with Gasteiger partial charge in [-0.3, -0.25) is 14.7 Å². The van der Waals surface area contributed by atoms with E-state index < -0.39 is 0 Å². The minimum Gasteiger partial charge on any atom is -0.321 e. The van der Waals surface area contributed by atoms with Crippen molar-refractivity contribution in [3.05, 3.63) is 41.2 Å². The fourth-order valence-electron chi connectivity index (χ4n) is 2.54. The molecule has 6 nitrogen and oxygen atoms in total. The monoisotopic (exact) mass is 284 g/mol. The number of carbonyl (C=O) groups is 2. The molecule has 0 spiro atoms. The van der Waals surface area contributed by atoms with Crippen molar-refractivity contribution in [2.75, 3.05) is 16.8 Å². The third-order valence-corrected chi connectivity index (χ3v) is 3.55. The number of amides is 2. The smallest absolute Gasteiger partial charge is 0.276 e. The molecule has 2 N–H and O–H groups in total. The molecule has 0 radical (unpaired) electrons. The van der Waals surface area contributed by atoms with Crippen LogP contribution in [0, 0.1) is 6.92 Å². The Kier molecular flexibility index (Phi) is 3.21. The Labute approximate surface area is 122 Å². The van der Waals surface area contributed by atoms with Gasteiger partial charge >= 0.3 is 0 Å². The Morgan fingerprint density at radius 3 is 2.81 bits per heavy atom. The number of aromatic nitrogens is 2. The van der Waals surface area contributed by atoms with Crippen LogP contribution in [0.5, 0.6) is 0 Å². The molecule has 0 atom stereocenters. The van der Waals surface area contributed by atoms with Crippen molar-refractivity contribution in [3.8, 4) is 0 Å². The Morgan fingerprint density at radius 2 is 2.14 bits per heavy atom. The number of anilines is 2. The van der Waals surface area contributed by atoms with Gasteiger partial charge in [-0.1, -0.05) is 0 Å². The lowest BCUT2D eigenvalue weighted by Crippen LogP contribution is -2.25. The van der Waals surface area contributed by atoms with Gasteiger partial charge in [0.2, 0.25) is 5.91 Å². The zero-order valence-electron chi connectivity index (χ0n) is 11.9. The first kappa shape index (κ1) is 13.4. The van der Waals surface area contributed by atoms with Crippen LogP contribution in [0.15, 0.2) is 24.3 Å². The zero-order chi connectivity index (χ0) is 15.0. The van der Waals surface area contributed by atoms with Crippen LogP contribution in [0.1, 0.15) is 28.7 Å². The molecule has 2 aromatic rings. The maximum atomic E-state index is 12.0. The summed E-state index contributed by atoms with van der Waals surface area (Å²) in [5, 5.41) is 9.49. The highest BCUT2D eigenvalue weighted by atomic mass is 16.2. The van der Waals surface area contributed by atoms with E-state index in [4.69, 9.17) is 0 Å². The summed E-state index contributed by atoms with van der Waals surface area (Å²) in [7, 11) is 0. The Bertz CT molecular complexity index is 720. The van der Waals surface area contributed by atoms with Crippen molar-refractivity contribution in [1.82, 2.24) is 10.2 Å². The summed E-state index contributed by atoms with van der Waals surface area (Å²) in [4.78, 5) is 25.3. The number of nitrogens with zero attached hydrogens (tertiary/aromatic N) is 2. The molecule has 0 bridgehead atoms. The molecular formula is C15H16N4O2. The lowest BCUT2D eigenvalue weighted by atomic mass is 10.1. The van der Waals surface area contributed by atoms with Gasteiger partial charge in [0.15, 0.2) is 5.69 Å². The fourth-order valence-corrected chi connectivity index (χ4v) is 2.54. The van der Waals surface area contributed by atoms with E-state index in [1.54, 1.807) is 24.0 Å². The minimum atomic E-state index is -0.249. The number of fused-ring (bicyclic) bond motifs is 1. The summed E-state index contributed by atoms with van der Waals surface area (Å²) >= 11 is 0. The molecule has 1 aliphatic rings. The van der Waals surface area contributed by atoms with Crippen molar-refractivity contribution in [2.45, 2.75) is 20.3 Å².